The van der Waals surface area contributed by atoms with Crippen LogP contribution in [0.1, 0.15) is 19.8 Å². The molecule has 0 radical (unpaired) electrons. The van der Waals surface area contributed by atoms with Crippen LogP contribution >= 0.6 is 0 Å². The molecular formula is C19H21N3O3. The number of carbonyl (C=O) groups is 1. The number of aromatic amines is 1. The normalized spacial score (nSPS) is 10.8. The van der Waals surface area contributed by atoms with E-state index in [0.717, 1.165) is 28.2 Å². The van der Waals surface area contributed by atoms with Crippen LogP contribution in [-0.2, 0) is 9.53 Å². The van der Waals surface area contributed by atoms with E-state index in [-0.39, 0.29) is 5.97 Å². The van der Waals surface area contributed by atoms with Gasteiger partial charge in [0.1, 0.15) is 11.6 Å². The van der Waals surface area contributed by atoms with Crippen LogP contribution < -0.4 is 10.5 Å². The molecule has 3 aromatic rings. The number of H-pyrrole nitrogens is 1. The summed E-state index contributed by atoms with van der Waals surface area (Å²) in [6, 6.07) is 13.3. The smallest absolute Gasteiger partial charge is 0.305 e. The Bertz CT molecular complexity index is 856. The van der Waals surface area contributed by atoms with Crippen LogP contribution in [0.25, 0.3) is 22.4 Å². The van der Waals surface area contributed by atoms with Crippen molar-refractivity contribution in [3.63, 3.8) is 0 Å². The standard InChI is InChI=1S/C19H21N3O3/c1-2-24-18(23)4-3-11-25-15-8-5-13(6-9-15)19-21-16-10-7-14(20)12-17(16)22-19/h5-10,12H,2-4,11,20H2,1H3,(H,21,22). The van der Waals surface area contributed by atoms with Gasteiger partial charge >= 0.3 is 5.97 Å². The van der Waals surface area contributed by atoms with Gasteiger partial charge in [0, 0.05) is 17.7 Å². The lowest BCUT2D eigenvalue weighted by atomic mass is 10.2. The molecule has 0 aliphatic heterocycles. The summed E-state index contributed by atoms with van der Waals surface area (Å²) in [5.74, 6) is 1.36. The Morgan fingerprint density at radius 3 is 2.76 bits per heavy atom. The molecule has 25 heavy (non-hydrogen) atoms. The van der Waals surface area contributed by atoms with Gasteiger partial charge in [-0.3, -0.25) is 4.79 Å². The second kappa shape index (κ2) is 7.70. The molecule has 130 valence electrons. The topological polar surface area (TPSA) is 90.2 Å². The number of rotatable bonds is 7. The molecule has 3 N–H and O–H groups in total. The summed E-state index contributed by atoms with van der Waals surface area (Å²) in [7, 11) is 0. The van der Waals surface area contributed by atoms with Gasteiger partial charge in [0.25, 0.3) is 0 Å². The molecule has 3 rings (SSSR count). The summed E-state index contributed by atoms with van der Waals surface area (Å²) in [4.78, 5) is 19.1. The quantitative estimate of drug-likeness (QED) is 0.390. The van der Waals surface area contributed by atoms with Crippen molar-refractivity contribution in [1.82, 2.24) is 9.97 Å². The van der Waals surface area contributed by atoms with E-state index in [0.29, 0.717) is 31.7 Å². The molecule has 6 nitrogen and oxygen atoms in total. The van der Waals surface area contributed by atoms with E-state index in [1.165, 1.54) is 0 Å². The van der Waals surface area contributed by atoms with E-state index < -0.39 is 0 Å². The SMILES string of the molecule is CCOC(=O)CCCOc1ccc(-c2nc3ccc(N)cc3[nH]2)cc1. The Balaban J connectivity index is 1.58. The molecule has 0 saturated heterocycles. The minimum absolute atomic E-state index is 0.188. The predicted octanol–water partition coefficient (Wildman–Crippen LogP) is 3.53. The van der Waals surface area contributed by atoms with E-state index >= 15 is 0 Å². The number of anilines is 1. The maximum absolute atomic E-state index is 11.3. The Morgan fingerprint density at radius 2 is 2.00 bits per heavy atom. The fourth-order valence-corrected chi connectivity index (χ4v) is 2.51. The summed E-state index contributed by atoms with van der Waals surface area (Å²) in [5.41, 5.74) is 9.25. The van der Waals surface area contributed by atoms with Gasteiger partial charge in [0.05, 0.1) is 24.2 Å². The van der Waals surface area contributed by atoms with Crippen LogP contribution in [0.15, 0.2) is 42.5 Å². The van der Waals surface area contributed by atoms with Gasteiger partial charge < -0.3 is 20.2 Å². The summed E-state index contributed by atoms with van der Waals surface area (Å²) >= 11 is 0. The summed E-state index contributed by atoms with van der Waals surface area (Å²) < 4.78 is 10.5. The van der Waals surface area contributed by atoms with E-state index in [2.05, 4.69) is 9.97 Å². The Labute approximate surface area is 146 Å². The molecule has 1 heterocycles. The number of benzene rings is 2. The zero-order valence-electron chi connectivity index (χ0n) is 14.1. The number of esters is 1. The zero-order valence-corrected chi connectivity index (χ0v) is 14.1. The molecule has 0 aliphatic carbocycles. The first-order chi connectivity index (χ1) is 12.2. The third-order valence-corrected chi connectivity index (χ3v) is 3.73. The molecular weight excluding hydrogens is 318 g/mol. The highest BCUT2D eigenvalue weighted by molar-refractivity contribution is 5.82. The molecule has 0 unspecified atom stereocenters. The van der Waals surface area contributed by atoms with Crippen molar-refractivity contribution < 1.29 is 14.3 Å². The van der Waals surface area contributed by atoms with Gasteiger partial charge in [-0.25, -0.2) is 4.98 Å². The van der Waals surface area contributed by atoms with Crippen molar-refractivity contribution in [2.24, 2.45) is 0 Å². The maximum atomic E-state index is 11.3. The van der Waals surface area contributed by atoms with Crippen LogP contribution in [0.5, 0.6) is 5.75 Å². The highest BCUT2D eigenvalue weighted by Gasteiger charge is 2.06. The number of nitrogens with two attached hydrogens (primary N) is 1. The lowest BCUT2D eigenvalue weighted by Crippen LogP contribution is -2.06. The predicted molar refractivity (Wildman–Crippen MR) is 97.3 cm³/mol. The molecule has 6 heteroatoms. The molecule has 0 bridgehead atoms. The van der Waals surface area contributed by atoms with E-state index in [1.807, 2.05) is 42.5 Å². The van der Waals surface area contributed by atoms with Gasteiger partial charge in [-0.05, 0) is 55.8 Å². The molecule has 0 atom stereocenters. The third-order valence-electron chi connectivity index (χ3n) is 3.73. The van der Waals surface area contributed by atoms with Gasteiger partial charge in [0.15, 0.2) is 0 Å². The fourth-order valence-electron chi connectivity index (χ4n) is 2.51. The lowest BCUT2D eigenvalue weighted by molar-refractivity contribution is -0.143. The Morgan fingerprint density at radius 1 is 1.20 bits per heavy atom. The lowest BCUT2D eigenvalue weighted by Gasteiger charge is -2.06. The molecule has 2 aromatic carbocycles. The second-order valence-electron chi connectivity index (χ2n) is 5.64. The summed E-state index contributed by atoms with van der Waals surface area (Å²) in [6.07, 6.45) is 1.000. The fraction of sp³-hybridized carbons (Fsp3) is 0.263. The number of imidazole rings is 1. The number of carbonyl (C=O) groups excluding carboxylic acids is 1. The average Bonchev–Trinajstić information content (AvgIpc) is 3.02. The molecule has 0 fully saturated rings. The molecule has 0 spiro atoms. The van der Waals surface area contributed by atoms with Crippen molar-refractivity contribution in [1.29, 1.82) is 0 Å². The number of hydrogen-bond acceptors (Lipinski definition) is 5. The largest absolute Gasteiger partial charge is 0.494 e. The van der Waals surface area contributed by atoms with Gasteiger partial charge in [-0.2, -0.15) is 0 Å². The highest BCUT2D eigenvalue weighted by atomic mass is 16.5. The van der Waals surface area contributed by atoms with Crippen LogP contribution in [0.3, 0.4) is 0 Å². The maximum Gasteiger partial charge on any atom is 0.305 e. The second-order valence-corrected chi connectivity index (χ2v) is 5.64. The molecule has 1 aromatic heterocycles. The van der Waals surface area contributed by atoms with E-state index in [9.17, 15) is 4.79 Å². The number of nitrogen functional groups attached to an aromatic ring is 1. The van der Waals surface area contributed by atoms with E-state index in [4.69, 9.17) is 15.2 Å². The number of ether oxygens (including phenoxy) is 2. The third kappa shape index (κ3) is 4.29. The first kappa shape index (κ1) is 16.8. The number of aromatic nitrogens is 2. The molecule has 0 aliphatic rings. The van der Waals surface area contributed by atoms with E-state index in [1.54, 1.807) is 6.92 Å². The van der Waals surface area contributed by atoms with Gasteiger partial charge in [-0.1, -0.05) is 0 Å². The van der Waals surface area contributed by atoms with Crippen molar-refractivity contribution in [2.75, 3.05) is 18.9 Å². The van der Waals surface area contributed by atoms with Crippen LogP contribution in [-0.4, -0.2) is 29.2 Å². The first-order valence-electron chi connectivity index (χ1n) is 8.30. The average molecular weight is 339 g/mol. The number of fused-ring (bicyclic) bond motifs is 1. The minimum Gasteiger partial charge on any atom is -0.494 e. The van der Waals surface area contributed by atoms with Crippen LogP contribution in [0.2, 0.25) is 0 Å². The minimum atomic E-state index is -0.188. The zero-order chi connectivity index (χ0) is 17.6. The first-order valence-corrected chi connectivity index (χ1v) is 8.30. The van der Waals surface area contributed by atoms with Crippen LogP contribution in [0, 0.1) is 0 Å². The summed E-state index contributed by atoms with van der Waals surface area (Å²) in [5, 5.41) is 0. The van der Waals surface area contributed by atoms with Crippen molar-refractivity contribution in [2.45, 2.75) is 19.8 Å². The summed E-state index contributed by atoms with van der Waals surface area (Å²) in [6.45, 7) is 2.69. The van der Waals surface area contributed by atoms with Crippen LogP contribution in [0.4, 0.5) is 5.69 Å². The van der Waals surface area contributed by atoms with Crippen molar-refractivity contribution in [3.8, 4) is 17.1 Å². The Hall–Kier alpha value is -3.02. The molecule has 0 amide bonds. The van der Waals surface area contributed by atoms with Crippen molar-refractivity contribution in [3.05, 3.63) is 42.5 Å². The van der Waals surface area contributed by atoms with Gasteiger partial charge in [0.2, 0.25) is 0 Å². The number of nitrogens with one attached hydrogen (secondary N) is 1. The molecule has 0 saturated carbocycles. The van der Waals surface area contributed by atoms with Gasteiger partial charge in [-0.15, -0.1) is 0 Å². The Kier molecular flexibility index (Phi) is 5.18. The number of hydrogen-bond donors (Lipinski definition) is 2. The highest BCUT2D eigenvalue weighted by Crippen LogP contribution is 2.24. The monoisotopic (exact) mass is 339 g/mol. The number of nitrogens with zero attached hydrogens (tertiary/aromatic N) is 1. The van der Waals surface area contributed by atoms with Crippen molar-refractivity contribution >= 4 is 22.7 Å².